The third-order valence-corrected chi connectivity index (χ3v) is 2.47. The van der Waals surface area contributed by atoms with E-state index in [1.54, 1.807) is 6.20 Å². The lowest BCUT2D eigenvalue weighted by molar-refractivity contribution is 0.540. The van der Waals surface area contributed by atoms with Crippen molar-refractivity contribution >= 4 is 22.0 Å². The van der Waals surface area contributed by atoms with Gasteiger partial charge in [0.05, 0.1) is 11.7 Å². The maximum Gasteiger partial charge on any atom is 0.195 e. The number of hydrogen-bond acceptors (Lipinski definition) is 3. The number of para-hydroxylation sites is 1. The van der Waals surface area contributed by atoms with E-state index in [4.69, 9.17) is 4.42 Å². The molecular formula is C12H10N2O. The summed E-state index contributed by atoms with van der Waals surface area (Å²) in [7, 11) is 0. The molecule has 0 bridgehead atoms. The highest BCUT2D eigenvalue weighted by molar-refractivity contribution is 6.00. The van der Waals surface area contributed by atoms with E-state index in [1.165, 1.54) is 0 Å². The smallest absolute Gasteiger partial charge is 0.195 e. The second-order valence-electron chi connectivity index (χ2n) is 3.45. The summed E-state index contributed by atoms with van der Waals surface area (Å²) in [5.41, 5.74) is 2.63. The lowest BCUT2D eigenvalue weighted by Crippen LogP contribution is -1.78. The van der Waals surface area contributed by atoms with Crippen molar-refractivity contribution in [2.45, 2.75) is 13.3 Å². The molecule has 0 aliphatic rings. The second-order valence-corrected chi connectivity index (χ2v) is 3.45. The number of aryl methyl sites for hydroxylation is 1. The second kappa shape index (κ2) is 3.05. The van der Waals surface area contributed by atoms with Gasteiger partial charge in [-0.1, -0.05) is 19.1 Å². The molecule has 3 aromatic rings. The summed E-state index contributed by atoms with van der Waals surface area (Å²) >= 11 is 0. The molecule has 0 saturated carbocycles. The lowest BCUT2D eigenvalue weighted by atomic mass is 10.2. The molecule has 0 unspecified atom stereocenters. The fraction of sp³-hybridized carbons (Fsp3) is 0.167. The Morgan fingerprint density at radius 3 is 2.93 bits per heavy atom. The van der Waals surface area contributed by atoms with Crippen LogP contribution >= 0.6 is 0 Å². The van der Waals surface area contributed by atoms with Crippen LogP contribution in [0.25, 0.3) is 22.0 Å². The minimum Gasteiger partial charge on any atom is -0.440 e. The van der Waals surface area contributed by atoms with Gasteiger partial charge in [0.25, 0.3) is 0 Å². The topological polar surface area (TPSA) is 38.9 Å². The largest absolute Gasteiger partial charge is 0.440 e. The predicted octanol–water partition coefficient (Wildman–Crippen LogP) is 2.94. The zero-order valence-electron chi connectivity index (χ0n) is 8.40. The monoisotopic (exact) mass is 198 g/mol. The van der Waals surface area contributed by atoms with E-state index in [2.05, 4.69) is 9.97 Å². The molecule has 0 amide bonds. The van der Waals surface area contributed by atoms with Crippen LogP contribution in [-0.4, -0.2) is 9.97 Å². The Morgan fingerprint density at radius 2 is 2.07 bits per heavy atom. The maximum atomic E-state index is 5.68. The Morgan fingerprint density at radius 1 is 1.20 bits per heavy atom. The van der Waals surface area contributed by atoms with Gasteiger partial charge in [0.2, 0.25) is 0 Å². The fourth-order valence-electron chi connectivity index (χ4n) is 1.72. The average Bonchev–Trinajstić information content (AvgIpc) is 2.72. The molecule has 0 saturated heterocycles. The first-order chi connectivity index (χ1) is 7.38. The number of fused-ring (bicyclic) bond motifs is 3. The molecule has 0 N–H and O–H groups in total. The zero-order valence-corrected chi connectivity index (χ0v) is 8.40. The highest BCUT2D eigenvalue weighted by atomic mass is 16.3. The van der Waals surface area contributed by atoms with Crippen LogP contribution in [0.2, 0.25) is 0 Å². The van der Waals surface area contributed by atoms with Crippen molar-refractivity contribution in [1.29, 1.82) is 0 Å². The fourth-order valence-corrected chi connectivity index (χ4v) is 1.72. The van der Waals surface area contributed by atoms with Gasteiger partial charge in [0.1, 0.15) is 5.52 Å². The molecule has 0 aliphatic heterocycles. The molecule has 3 rings (SSSR count). The van der Waals surface area contributed by atoms with Crippen LogP contribution in [0.3, 0.4) is 0 Å². The van der Waals surface area contributed by atoms with Gasteiger partial charge in [0, 0.05) is 11.8 Å². The summed E-state index contributed by atoms with van der Waals surface area (Å²) in [6, 6.07) is 7.94. The molecule has 3 nitrogen and oxygen atoms in total. The zero-order chi connectivity index (χ0) is 10.3. The molecule has 2 aromatic heterocycles. The van der Waals surface area contributed by atoms with Gasteiger partial charge in [-0.05, 0) is 12.1 Å². The molecule has 0 atom stereocenters. The van der Waals surface area contributed by atoms with Crippen molar-refractivity contribution in [1.82, 2.24) is 9.97 Å². The van der Waals surface area contributed by atoms with Crippen LogP contribution in [0.15, 0.2) is 34.9 Å². The van der Waals surface area contributed by atoms with E-state index >= 15 is 0 Å². The van der Waals surface area contributed by atoms with Crippen molar-refractivity contribution in [3.8, 4) is 0 Å². The number of nitrogens with zero attached hydrogens (tertiary/aromatic N) is 2. The van der Waals surface area contributed by atoms with Gasteiger partial charge in [-0.15, -0.1) is 0 Å². The SMILES string of the molecule is CCc1nc2cnc3ccccc3c2o1. The van der Waals surface area contributed by atoms with Crippen LogP contribution in [0.1, 0.15) is 12.8 Å². The summed E-state index contributed by atoms with van der Waals surface area (Å²) in [6.45, 7) is 2.03. The number of rotatable bonds is 1. The number of aromatic nitrogens is 2. The normalized spacial score (nSPS) is 11.3. The van der Waals surface area contributed by atoms with Crippen molar-refractivity contribution in [3.05, 3.63) is 36.4 Å². The molecular weight excluding hydrogens is 188 g/mol. The number of hydrogen-bond donors (Lipinski definition) is 0. The number of oxazole rings is 1. The summed E-state index contributed by atoms with van der Waals surface area (Å²) < 4.78 is 5.68. The third kappa shape index (κ3) is 1.20. The molecule has 0 fully saturated rings. The standard InChI is InChI=1S/C12H10N2O/c1-2-11-14-10-7-13-9-6-4-3-5-8(9)12(10)15-11/h3-7H,2H2,1H3. The van der Waals surface area contributed by atoms with Crippen molar-refractivity contribution in [3.63, 3.8) is 0 Å². The lowest BCUT2D eigenvalue weighted by Gasteiger charge is -1.94. The van der Waals surface area contributed by atoms with Crippen LogP contribution in [-0.2, 0) is 6.42 Å². The first-order valence-electron chi connectivity index (χ1n) is 5.01. The Hall–Kier alpha value is -1.90. The van der Waals surface area contributed by atoms with E-state index in [-0.39, 0.29) is 0 Å². The quantitative estimate of drug-likeness (QED) is 0.603. The van der Waals surface area contributed by atoms with Gasteiger partial charge in [0.15, 0.2) is 11.5 Å². The van der Waals surface area contributed by atoms with Crippen molar-refractivity contribution in [2.24, 2.45) is 0 Å². The van der Waals surface area contributed by atoms with E-state index in [0.29, 0.717) is 0 Å². The van der Waals surface area contributed by atoms with Crippen LogP contribution in [0.4, 0.5) is 0 Å². The maximum absolute atomic E-state index is 5.68. The number of benzene rings is 1. The van der Waals surface area contributed by atoms with Crippen LogP contribution in [0, 0.1) is 0 Å². The summed E-state index contributed by atoms with van der Waals surface area (Å²) in [5, 5.41) is 1.03. The van der Waals surface area contributed by atoms with E-state index < -0.39 is 0 Å². The van der Waals surface area contributed by atoms with Gasteiger partial charge in [-0.2, -0.15) is 0 Å². The Labute approximate surface area is 86.8 Å². The Balaban J connectivity index is 2.47. The van der Waals surface area contributed by atoms with E-state index in [0.717, 1.165) is 34.3 Å². The molecule has 3 heteroatoms. The van der Waals surface area contributed by atoms with Crippen LogP contribution in [0.5, 0.6) is 0 Å². The minimum atomic E-state index is 0.767. The average molecular weight is 198 g/mol. The molecule has 1 aromatic carbocycles. The van der Waals surface area contributed by atoms with Gasteiger partial charge >= 0.3 is 0 Å². The summed E-state index contributed by atoms with van der Waals surface area (Å²) in [5.74, 6) is 0.767. The van der Waals surface area contributed by atoms with E-state index in [9.17, 15) is 0 Å². The van der Waals surface area contributed by atoms with Crippen LogP contribution < -0.4 is 0 Å². The molecule has 2 heterocycles. The molecule has 0 radical (unpaired) electrons. The van der Waals surface area contributed by atoms with E-state index in [1.807, 2.05) is 31.2 Å². The molecule has 0 aliphatic carbocycles. The minimum absolute atomic E-state index is 0.767. The van der Waals surface area contributed by atoms with Crippen molar-refractivity contribution in [2.75, 3.05) is 0 Å². The summed E-state index contributed by atoms with van der Waals surface area (Å²) in [4.78, 5) is 8.69. The first kappa shape index (κ1) is 8.41. The first-order valence-corrected chi connectivity index (χ1v) is 5.01. The predicted molar refractivity (Wildman–Crippen MR) is 58.7 cm³/mol. The van der Waals surface area contributed by atoms with Gasteiger partial charge < -0.3 is 4.42 Å². The molecule has 0 spiro atoms. The number of pyridine rings is 1. The Bertz CT molecular complexity index is 628. The highest BCUT2D eigenvalue weighted by Gasteiger charge is 2.07. The van der Waals surface area contributed by atoms with Crippen molar-refractivity contribution < 1.29 is 4.42 Å². The highest BCUT2D eigenvalue weighted by Crippen LogP contribution is 2.23. The third-order valence-electron chi connectivity index (χ3n) is 2.47. The summed E-state index contributed by atoms with van der Waals surface area (Å²) in [6.07, 6.45) is 2.57. The van der Waals surface area contributed by atoms with Gasteiger partial charge in [-0.25, -0.2) is 4.98 Å². The Kier molecular flexibility index (Phi) is 1.71. The van der Waals surface area contributed by atoms with Gasteiger partial charge in [-0.3, -0.25) is 4.98 Å². The molecule has 15 heavy (non-hydrogen) atoms. The molecule has 74 valence electrons.